The molecule has 3 heterocycles. The lowest BCUT2D eigenvalue weighted by Gasteiger charge is -2.38. The molecule has 0 saturated heterocycles. The fourth-order valence-corrected chi connectivity index (χ4v) is 7.85. The lowest BCUT2D eigenvalue weighted by Crippen LogP contribution is -2.47. The molecule has 0 spiro atoms. The highest BCUT2D eigenvalue weighted by Crippen LogP contribution is 2.56. The Bertz CT molecular complexity index is 1250. The Morgan fingerprint density at radius 3 is 2.62 bits per heavy atom. The van der Waals surface area contributed by atoms with E-state index < -0.39 is 22.8 Å². The first-order chi connectivity index (χ1) is 19.1. The SMILES string of the molecule is COc1ccc(C2(O)CCC(N[C@@H]3C[C@H]4CCC[C@@]4(C(=O)N4CCc5ncc(C(F)(F)F)cc5C4)C3)CC2)cn1. The van der Waals surface area contributed by atoms with E-state index >= 15 is 0 Å². The number of hydrogen-bond acceptors (Lipinski definition) is 6. The van der Waals surface area contributed by atoms with E-state index in [2.05, 4.69) is 15.3 Å². The summed E-state index contributed by atoms with van der Waals surface area (Å²) >= 11 is 0. The predicted octanol–water partition coefficient (Wildman–Crippen LogP) is 4.76. The smallest absolute Gasteiger partial charge is 0.417 e. The Labute approximate surface area is 232 Å². The van der Waals surface area contributed by atoms with E-state index in [4.69, 9.17) is 4.74 Å². The van der Waals surface area contributed by atoms with Crippen LogP contribution in [-0.2, 0) is 29.5 Å². The third kappa shape index (κ3) is 4.98. The number of carbonyl (C=O) groups excluding carboxylic acids is 1. The van der Waals surface area contributed by atoms with Crippen molar-refractivity contribution in [2.24, 2.45) is 11.3 Å². The van der Waals surface area contributed by atoms with Gasteiger partial charge >= 0.3 is 6.18 Å². The lowest BCUT2D eigenvalue weighted by molar-refractivity contribution is -0.144. The Hall–Kier alpha value is -2.72. The number of pyridine rings is 2. The van der Waals surface area contributed by atoms with Crippen LogP contribution in [0.15, 0.2) is 30.6 Å². The number of halogens is 3. The molecule has 3 atom stereocenters. The molecule has 4 aliphatic rings. The Morgan fingerprint density at radius 2 is 1.93 bits per heavy atom. The summed E-state index contributed by atoms with van der Waals surface area (Å²) in [6, 6.07) is 5.32. The molecule has 0 bridgehead atoms. The van der Waals surface area contributed by atoms with Gasteiger partial charge in [0.2, 0.25) is 11.8 Å². The van der Waals surface area contributed by atoms with Gasteiger partial charge in [-0.1, -0.05) is 6.42 Å². The summed E-state index contributed by atoms with van der Waals surface area (Å²) in [6.07, 6.45) is 6.16. The molecule has 1 aliphatic heterocycles. The maximum atomic E-state index is 14.0. The van der Waals surface area contributed by atoms with Crippen molar-refractivity contribution < 1.29 is 27.8 Å². The highest BCUT2D eigenvalue weighted by molar-refractivity contribution is 5.84. The summed E-state index contributed by atoms with van der Waals surface area (Å²) in [7, 11) is 1.57. The van der Waals surface area contributed by atoms with Crippen LogP contribution in [0.4, 0.5) is 13.2 Å². The van der Waals surface area contributed by atoms with Crippen LogP contribution in [0.25, 0.3) is 0 Å². The number of alkyl halides is 3. The van der Waals surface area contributed by atoms with Gasteiger partial charge in [0.25, 0.3) is 0 Å². The normalized spacial score (nSPS) is 32.0. The third-order valence-corrected chi connectivity index (χ3v) is 9.98. The van der Waals surface area contributed by atoms with E-state index in [1.165, 1.54) is 0 Å². The minimum Gasteiger partial charge on any atom is -0.481 e. The van der Waals surface area contributed by atoms with Crippen LogP contribution < -0.4 is 10.1 Å². The molecule has 7 nitrogen and oxygen atoms in total. The number of methoxy groups -OCH3 is 1. The molecule has 2 aromatic heterocycles. The van der Waals surface area contributed by atoms with E-state index in [1.54, 1.807) is 24.3 Å². The zero-order chi connectivity index (χ0) is 28.1. The van der Waals surface area contributed by atoms with Gasteiger partial charge in [-0.05, 0) is 75.0 Å². The molecule has 3 saturated carbocycles. The molecule has 0 unspecified atom stereocenters. The Kier molecular flexibility index (Phi) is 7.05. The molecule has 0 radical (unpaired) electrons. The summed E-state index contributed by atoms with van der Waals surface area (Å²) in [5, 5.41) is 15.1. The van der Waals surface area contributed by atoms with E-state index in [0.29, 0.717) is 48.9 Å². The fraction of sp³-hybridized carbons (Fsp3) is 0.633. The van der Waals surface area contributed by atoms with Crippen molar-refractivity contribution in [3.63, 3.8) is 0 Å². The predicted molar refractivity (Wildman–Crippen MR) is 141 cm³/mol. The largest absolute Gasteiger partial charge is 0.481 e. The average Bonchev–Trinajstić information content (AvgIpc) is 3.51. The highest BCUT2D eigenvalue weighted by atomic mass is 19.4. The number of nitrogens with one attached hydrogen (secondary N) is 1. The molecular formula is C30H37F3N4O3. The molecule has 6 rings (SSSR count). The van der Waals surface area contributed by atoms with Gasteiger partial charge in [0.1, 0.15) is 0 Å². The molecule has 10 heteroatoms. The van der Waals surface area contributed by atoms with E-state index in [0.717, 1.165) is 62.8 Å². The first kappa shape index (κ1) is 27.4. The molecule has 216 valence electrons. The summed E-state index contributed by atoms with van der Waals surface area (Å²) in [4.78, 5) is 24.1. The number of aliphatic hydroxyl groups is 1. The first-order valence-corrected chi connectivity index (χ1v) is 14.4. The Morgan fingerprint density at radius 1 is 1.12 bits per heavy atom. The highest BCUT2D eigenvalue weighted by Gasteiger charge is 2.56. The molecule has 2 aromatic rings. The van der Waals surface area contributed by atoms with E-state index in [1.807, 2.05) is 6.07 Å². The monoisotopic (exact) mass is 558 g/mol. The van der Waals surface area contributed by atoms with Gasteiger partial charge in [-0.2, -0.15) is 13.2 Å². The molecular weight excluding hydrogens is 521 g/mol. The summed E-state index contributed by atoms with van der Waals surface area (Å²) in [5.74, 6) is 0.922. The zero-order valence-electron chi connectivity index (χ0n) is 22.8. The number of hydrogen-bond donors (Lipinski definition) is 2. The molecule has 2 N–H and O–H groups in total. The van der Waals surface area contributed by atoms with Gasteiger partial charge < -0.3 is 20.1 Å². The number of carbonyl (C=O) groups is 1. The number of rotatable bonds is 5. The van der Waals surface area contributed by atoms with Crippen LogP contribution >= 0.6 is 0 Å². The topological polar surface area (TPSA) is 87.6 Å². The van der Waals surface area contributed by atoms with Crippen molar-refractivity contribution in [2.45, 2.75) is 94.6 Å². The van der Waals surface area contributed by atoms with Gasteiger partial charge in [-0.25, -0.2) is 4.98 Å². The van der Waals surface area contributed by atoms with Crippen molar-refractivity contribution in [3.8, 4) is 5.88 Å². The fourth-order valence-electron chi connectivity index (χ4n) is 7.85. The maximum Gasteiger partial charge on any atom is 0.417 e. The minimum absolute atomic E-state index is 0.104. The Balaban J connectivity index is 1.09. The van der Waals surface area contributed by atoms with Crippen LogP contribution in [0.2, 0.25) is 0 Å². The number of ether oxygens (including phenoxy) is 1. The second kappa shape index (κ2) is 10.3. The quantitative estimate of drug-likeness (QED) is 0.551. The van der Waals surface area contributed by atoms with Crippen LogP contribution in [0.1, 0.15) is 80.2 Å². The van der Waals surface area contributed by atoms with Crippen molar-refractivity contribution in [1.29, 1.82) is 0 Å². The van der Waals surface area contributed by atoms with Gasteiger partial charge in [-0.15, -0.1) is 0 Å². The van der Waals surface area contributed by atoms with Crippen molar-refractivity contribution >= 4 is 5.91 Å². The summed E-state index contributed by atoms with van der Waals surface area (Å²) < 4.78 is 45.0. The molecule has 0 aromatic carbocycles. The molecule has 40 heavy (non-hydrogen) atoms. The molecule has 1 amide bonds. The number of amides is 1. The average molecular weight is 559 g/mol. The minimum atomic E-state index is -4.45. The van der Waals surface area contributed by atoms with Gasteiger partial charge in [-0.3, -0.25) is 9.78 Å². The first-order valence-electron chi connectivity index (χ1n) is 14.4. The lowest BCUT2D eigenvalue weighted by atomic mass is 9.77. The number of aromatic nitrogens is 2. The van der Waals surface area contributed by atoms with Crippen molar-refractivity contribution in [1.82, 2.24) is 20.2 Å². The van der Waals surface area contributed by atoms with Crippen LogP contribution in [0.3, 0.4) is 0 Å². The molecule has 3 aliphatic carbocycles. The third-order valence-electron chi connectivity index (χ3n) is 9.98. The van der Waals surface area contributed by atoms with Crippen LogP contribution in [-0.4, -0.2) is 51.6 Å². The van der Waals surface area contributed by atoms with E-state index in [9.17, 15) is 23.1 Å². The molecule has 3 fully saturated rings. The maximum absolute atomic E-state index is 14.0. The number of nitrogens with zero attached hydrogens (tertiary/aromatic N) is 3. The second-order valence-electron chi connectivity index (χ2n) is 12.2. The van der Waals surface area contributed by atoms with Crippen LogP contribution in [0, 0.1) is 11.3 Å². The number of fused-ring (bicyclic) bond motifs is 2. The van der Waals surface area contributed by atoms with Gasteiger partial charge in [0.15, 0.2) is 0 Å². The second-order valence-corrected chi connectivity index (χ2v) is 12.2. The van der Waals surface area contributed by atoms with Crippen molar-refractivity contribution in [3.05, 3.63) is 53.0 Å². The standard InChI is InChI=1S/C30H37F3N4O3/c1-40-26-5-4-21(16-35-26)29(39)10-6-23(7-11-29)36-24-14-20-3-2-9-28(20,15-24)27(38)37-12-8-25-19(18-37)13-22(17-34-25)30(31,32)33/h4-5,13,16-17,20,23-24,36,39H,2-3,6-12,14-15,18H2,1H3/t20-,23?,24-,28-,29?/m1/s1. The summed E-state index contributed by atoms with van der Waals surface area (Å²) in [5.41, 5.74) is -0.112. The van der Waals surface area contributed by atoms with Crippen LogP contribution in [0.5, 0.6) is 5.88 Å². The van der Waals surface area contributed by atoms with Gasteiger partial charge in [0, 0.05) is 61.3 Å². The van der Waals surface area contributed by atoms with Gasteiger partial charge in [0.05, 0.1) is 23.7 Å². The summed E-state index contributed by atoms with van der Waals surface area (Å²) in [6.45, 7) is 0.692. The van der Waals surface area contributed by atoms with E-state index in [-0.39, 0.29) is 24.5 Å². The van der Waals surface area contributed by atoms with Crippen molar-refractivity contribution in [2.75, 3.05) is 13.7 Å². The zero-order valence-corrected chi connectivity index (χ0v) is 22.8.